The van der Waals surface area contributed by atoms with Crippen molar-refractivity contribution in [3.8, 4) is 5.75 Å². The zero-order valence-electron chi connectivity index (χ0n) is 10.8. The molecule has 0 saturated carbocycles. The minimum Gasteiger partial charge on any atom is -0.649 e. The Morgan fingerprint density at radius 2 is 2.06 bits per heavy atom. The van der Waals surface area contributed by atoms with Crippen molar-refractivity contribution in [3.05, 3.63) is 30.3 Å². The smallest absolute Gasteiger partial charge is 0.501 e. The van der Waals surface area contributed by atoms with E-state index in [-0.39, 0.29) is 0 Å². The summed E-state index contributed by atoms with van der Waals surface area (Å²) in [6.45, 7) is 5.56. The number of rotatable bonds is 4. The van der Waals surface area contributed by atoms with Gasteiger partial charge in [-0.2, -0.15) is 0 Å². The van der Waals surface area contributed by atoms with Gasteiger partial charge < -0.3 is 7.58 Å². The van der Waals surface area contributed by atoms with Crippen LogP contribution in [0, 0.1) is 5.92 Å². The van der Waals surface area contributed by atoms with E-state index < -0.39 is 25.2 Å². The van der Waals surface area contributed by atoms with Crippen LogP contribution in [0.2, 0.25) is 10.6 Å². The Bertz CT molecular complexity index is 329. The maximum Gasteiger partial charge on any atom is 0.501 e. The summed E-state index contributed by atoms with van der Waals surface area (Å²) < 4.78 is 12.3. The van der Waals surface area contributed by atoms with Gasteiger partial charge in [0.2, 0.25) is 0 Å². The molecule has 0 atom stereocenters. The predicted octanol–water partition coefficient (Wildman–Crippen LogP) is 3.20. The fraction of sp³-hybridized carbons (Fsp3) is 0.538. The fourth-order valence-corrected chi connectivity index (χ4v) is 12.4. The molecule has 17 heavy (non-hydrogen) atoms. The number of hydrogen-bond donors (Lipinski definition) is 0. The molecule has 4 heteroatoms. The molecule has 2 nitrogen and oxygen atoms in total. The molecule has 1 fully saturated rings. The Kier molecular flexibility index (Phi) is 5.42. The van der Waals surface area contributed by atoms with Gasteiger partial charge in [-0.05, 0) is 18.6 Å². The van der Waals surface area contributed by atoms with Gasteiger partial charge in [-0.15, -0.1) is 0 Å². The molecule has 0 aromatic heterocycles. The van der Waals surface area contributed by atoms with E-state index in [4.69, 9.17) is 7.58 Å². The summed E-state index contributed by atoms with van der Waals surface area (Å²) in [4.78, 5) is 0. The minimum atomic E-state index is -1.11. The van der Waals surface area contributed by atoms with Crippen molar-refractivity contribution in [2.24, 2.45) is 5.92 Å². The maximum absolute atomic E-state index is 6.24. The van der Waals surface area contributed by atoms with E-state index in [0.717, 1.165) is 18.3 Å². The highest BCUT2D eigenvalue weighted by Gasteiger charge is 2.44. The van der Waals surface area contributed by atoms with Gasteiger partial charge in [0.15, 0.2) is 0 Å². The summed E-state index contributed by atoms with van der Waals surface area (Å²) in [5.41, 5.74) is 0. The molecule has 0 unspecified atom stereocenters. The molecule has 0 bridgehead atoms. The monoisotopic (exact) mass is 262 g/mol. The van der Waals surface area contributed by atoms with Gasteiger partial charge >= 0.3 is 25.2 Å². The Hall–Kier alpha value is 0.0449. The molecule has 1 heterocycles. The fourth-order valence-electron chi connectivity index (χ4n) is 2.31. The van der Waals surface area contributed by atoms with Crippen LogP contribution in [0.1, 0.15) is 20.3 Å². The number of hydrogen-bond acceptors (Lipinski definition) is 2. The Balaban J connectivity index is 1.96. The molecule has 90 valence electrons. The van der Waals surface area contributed by atoms with Crippen LogP contribution in [-0.2, 0) is 3.79 Å². The van der Waals surface area contributed by atoms with Crippen LogP contribution < -0.4 is 3.79 Å². The average Bonchev–Trinajstić information content (AvgIpc) is 2.32. The van der Waals surface area contributed by atoms with Crippen molar-refractivity contribution in [3.63, 3.8) is 0 Å². The van der Waals surface area contributed by atoms with Gasteiger partial charge in [0, 0.05) is 6.61 Å². The van der Waals surface area contributed by atoms with Crippen molar-refractivity contribution < 1.29 is 7.58 Å². The van der Waals surface area contributed by atoms with Crippen LogP contribution in [-0.4, -0.2) is 31.8 Å². The lowest BCUT2D eigenvalue weighted by atomic mass is 10.3. The standard InChI is InChI=1S/C6H6O.C4H9.C3H6O.2Al/c7-6-4-2-1-3-5-6;1-4(2)3;1-2-3-4;;/h1-5,7H;4H,1H2,2-3H3;1-3H2;;/q;;-1;2*+1/p-1. The maximum atomic E-state index is 6.24. The Morgan fingerprint density at radius 3 is 2.76 bits per heavy atom. The zero-order valence-corrected chi connectivity index (χ0v) is 13.1. The quantitative estimate of drug-likeness (QED) is 0.776. The third-order valence-electron chi connectivity index (χ3n) is 3.11. The highest BCUT2D eigenvalue weighted by Crippen LogP contribution is 2.21. The lowest BCUT2D eigenvalue weighted by molar-refractivity contribution is 0.308. The molecule has 1 aromatic rings. The first-order valence-electron chi connectivity index (χ1n) is 6.59. The summed E-state index contributed by atoms with van der Waals surface area (Å²) in [6, 6.07) is 10.3. The highest BCUT2D eigenvalue weighted by atomic mass is 28.1. The Morgan fingerprint density at radius 1 is 1.29 bits per heavy atom. The van der Waals surface area contributed by atoms with E-state index in [9.17, 15) is 0 Å². The number of para-hydroxylation sites is 1. The third-order valence-corrected chi connectivity index (χ3v) is 12.9. The van der Waals surface area contributed by atoms with E-state index in [1.807, 2.05) is 18.2 Å². The van der Waals surface area contributed by atoms with E-state index in [1.165, 1.54) is 17.0 Å². The van der Waals surface area contributed by atoms with Crippen molar-refractivity contribution in [1.29, 1.82) is 0 Å². The van der Waals surface area contributed by atoms with Gasteiger partial charge in [-0.25, -0.2) is 0 Å². The van der Waals surface area contributed by atoms with Crippen LogP contribution in [0.5, 0.6) is 5.75 Å². The summed E-state index contributed by atoms with van der Waals surface area (Å²) in [5, 5.41) is 2.59. The summed E-state index contributed by atoms with van der Waals surface area (Å²) in [5.74, 6) is 1.80. The molecule has 2 rings (SSSR count). The van der Waals surface area contributed by atoms with Crippen molar-refractivity contribution in [2.45, 2.75) is 30.8 Å². The van der Waals surface area contributed by atoms with Crippen LogP contribution in [0.3, 0.4) is 0 Å². The first kappa shape index (κ1) is 13.5. The van der Waals surface area contributed by atoms with Crippen LogP contribution in [0.4, 0.5) is 0 Å². The van der Waals surface area contributed by atoms with E-state index in [0.29, 0.717) is 0 Å². The first-order chi connectivity index (χ1) is 8.25. The second kappa shape index (κ2) is 6.84. The normalized spacial score (nSPS) is 16.4. The van der Waals surface area contributed by atoms with Crippen molar-refractivity contribution >= 4 is 25.2 Å². The van der Waals surface area contributed by atoms with E-state index in [2.05, 4.69) is 26.0 Å². The predicted molar refractivity (Wildman–Crippen MR) is 73.6 cm³/mol. The molecule has 0 amide bonds. The first-order valence-corrected chi connectivity index (χ1v) is 11.8. The topological polar surface area (TPSA) is 18.5 Å². The summed E-state index contributed by atoms with van der Waals surface area (Å²) >= 11 is -2.16. The lowest BCUT2D eigenvalue weighted by Gasteiger charge is -2.26. The van der Waals surface area contributed by atoms with Gasteiger partial charge in [-0.3, -0.25) is 0 Å². The van der Waals surface area contributed by atoms with Crippen LogP contribution in [0.25, 0.3) is 0 Å². The van der Waals surface area contributed by atoms with Gasteiger partial charge in [0.1, 0.15) is 0 Å². The molecular formula is C13H20Al2O2. The lowest BCUT2D eigenvalue weighted by Crippen LogP contribution is -2.47. The Labute approximate surface area is 112 Å². The SMILES string of the molecule is CC(C)[CH2][Al]1[O]CC[CH2][Al]1[O]c1ccccc1. The number of benzene rings is 1. The van der Waals surface area contributed by atoms with Gasteiger partial charge in [0.25, 0.3) is 0 Å². The zero-order chi connectivity index (χ0) is 12.1. The molecule has 1 aliphatic heterocycles. The minimum absolute atomic E-state index is 0.749. The summed E-state index contributed by atoms with van der Waals surface area (Å²) in [7, 11) is 0. The molecule has 0 radical (unpaired) electrons. The molecule has 1 aliphatic rings. The van der Waals surface area contributed by atoms with Gasteiger partial charge in [-0.1, -0.05) is 48.5 Å². The van der Waals surface area contributed by atoms with Crippen LogP contribution >= 0.6 is 0 Å². The summed E-state index contributed by atoms with van der Waals surface area (Å²) in [6.07, 6.45) is 1.20. The largest absolute Gasteiger partial charge is 0.649 e. The van der Waals surface area contributed by atoms with Crippen molar-refractivity contribution in [1.82, 2.24) is 0 Å². The third kappa shape index (κ3) is 4.33. The molecule has 1 aromatic carbocycles. The molecular weight excluding hydrogens is 242 g/mol. The molecule has 0 spiro atoms. The average molecular weight is 262 g/mol. The second-order valence-electron chi connectivity index (χ2n) is 5.15. The van der Waals surface area contributed by atoms with Crippen molar-refractivity contribution in [2.75, 3.05) is 6.61 Å². The van der Waals surface area contributed by atoms with E-state index >= 15 is 0 Å². The highest BCUT2D eigenvalue weighted by molar-refractivity contribution is 7.17. The second-order valence-corrected chi connectivity index (χ2v) is 13.4. The molecule has 1 saturated heterocycles. The van der Waals surface area contributed by atoms with Gasteiger partial charge in [0.05, 0.1) is 5.75 Å². The molecule has 0 N–H and O–H groups in total. The molecule has 0 aliphatic carbocycles. The van der Waals surface area contributed by atoms with E-state index in [1.54, 1.807) is 0 Å². The van der Waals surface area contributed by atoms with Crippen LogP contribution in [0.15, 0.2) is 30.3 Å².